The van der Waals surface area contributed by atoms with E-state index in [1.807, 2.05) is 11.3 Å². The number of thiophene rings is 1. The van der Waals surface area contributed by atoms with Crippen LogP contribution in [0.5, 0.6) is 0 Å². The molecule has 0 aliphatic carbocycles. The Kier molecular flexibility index (Phi) is 7.75. The van der Waals surface area contributed by atoms with Crippen molar-refractivity contribution in [2.24, 2.45) is 0 Å². The number of nitrogens with zero attached hydrogens (tertiary/aromatic N) is 1. The minimum absolute atomic E-state index is 0.857. The molecule has 3 heteroatoms. The summed E-state index contributed by atoms with van der Waals surface area (Å²) in [6.45, 7) is 0. The summed E-state index contributed by atoms with van der Waals surface area (Å²) in [5, 5.41) is 9.87. The van der Waals surface area contributed by atoms with Crippen LogP contribution in [0.2, 0.25) is 0 Å². The molecule has 0 atom stereocenters. The van der Waals surface area contributed by atoms with Crippen LogP contribution in [0.25, 0.3) is 97.0 Å². The van der Waals surface area contributed by atoms with Crippen LogP contribution in [-0.2, 0) is 0 Å². The molecular weight excluding hydrogens is 735 g/mol. The zero-order valence-corrected chi connectivity index (χ0v) is 32.8. The van der Waals surface area contributed by atoms with Crippen molar-refractivity contribution in [3.63, 3.8) is 0 Å². The van der Waals surface area contributed by atoms with Gasteiger partial charge in [-0.2, -0.15) is 0 Å². The first-order chi connectivity index (χ1) is 29.2. The van der Waals surface area contributed by atoms with Gasteiger partial charge in [-0.15, -0.1) is 11.3 Å². The maximum atomic E-state index is 6.99. The Balaban J connectivity index is 1.00. The van der Waals surface area contributed by atoms with Crippen molar-refractivity contribution < 1.29 is 4.42 Å². The van der Waals surface area contributed by atoms with Crippen LogP contribution in [0.3, 0.4) is 0 Å². The van der Waals surface area contributed by atoms with Crippen LogP contribution >= 0.6 is 11.3 Å². The zero-order chi connectivity index (χ0) is 38.9. The number of hydrogen-bond acceptors (Lipinski definition) is 3. The highest BCUT2D eigenvalue weighted by molar-refractivity contribution is 7.26. The average Bonchev–Trinajstić information content (AvgIpc) is 3.89. The molecule has 0 aliphatic rings. The Hall–Kier alpha value is -7.46. The van der Waals surface area contributed by atoms with Gasteiger partial charge in [0.05, 0.1) is 5.69 Å². The largest absolute Gasteiger partial charge is 0.453 e. The minimum atomic E-state index is 0.857. The lowest BCUT2D eigenvalue weighted by Gasteiger charge is -2.26. The van der Waals surface area contributed by atoms with Crippen molar-refractivity contribution in [3.05, 3.63) is 212 Å². The van der Waals surface area contributed by atoms with E-state index in [4.69, 9.17) is 4.42 Å². The Morgan fingerprint density at radius 3 is 1.73 bits per heavy atom. The van der Waals surface area contributed by atoms with Crippen molar-refractivity contribution in [1.29, 1.82) is 0 Å². The number of fused-ring (bicyclic) bond motifs is 9. The summed E-state index contributed by atoms with van der Waals surface area (Å²) < 4.78 is 9.62. The zero-order valence-electron chi connectivity index (χ0n) is 32.0. The Labute approximate surface area is 345 Å². The van der Waals surface area contributed by atoms with Crippen molar-refractivity contribution in [3.8, 4) is 33.4 Å². The molecule has 0 saturated carbocycles. The number of benzene rings is 10. The van der Waals surface area contributed by atoms with Gasteiger partial charge in [0.2, 0.25) is 0 Å². The Bertz CT molecular complexity index is 3540. The third-order valence-corrected chi connectivity index (χ3v) is 13.1. The van der Waals surface area contributed by atoms with E-state index >= 15 is 0 Å². The van der Waals surface area contributed by atoms with Gasteiger partial charge >= 0.3 is 0 Å². The van der Waals surface area contributed by atoms with Crippen LogP contribution < -0.4 is 4.90 Å². The van der Waals surface area contributed by atoms with Gasteiger partial charge in [0.15, 0.2) is 5.58 Å². The molecule has 2 aromatic heterocycles. The molecule has 12 rings (SSSR count). The summed E-state index contributed by atoms with van der Waals surface area (Å²) in [6, 6.07) is 76.8. The topological polar surface area (TPSA) is 16.4 Å². The Morgan fingerprint density at radius 1 is 0.339 bits per heavy atom. The summed E-state index contributed by atoms with van der Waals surface area (Å²) in [4.78, 5) is 2.34. The first-order valence-corrected chi connectivity index (χ1v) is 20.9. The normalized spacial score (nSPS) is 11.7. The molecule has 0 unspecified atom stereocenters. The second kappa shape index (κ2) is 13.6. The second-order valence-electron chi connectivity index (χ2n) is 15.2. The lowest BCUT2D eigenvalue weighted by Crippen LogP contribution is -2.10. The molecule has 0 amide bonds. The van der Waals surface area contributed by atoms with Crippen molar-refractivity contribution in [1.82, 2.24) is 0 Å². The van der Waals surface area contributed by atoms with E-state index in [0.29, 0.717) is 0 Å². The van der Waals surface area contributed by atoms with Gasteiger partial charge in [-0.1, -0.05) is 170 Å². The lowest BCUT2D eigenvalue weighted by molar-refractivity contribution is 0.670. The van der Waals surface area contributed by atoms with Gasteiger partial charge in [0, 0.05) is 47.9 Å². The number of hydrogen-bond donors (Lipinski definition) is 0. The number of furan rings is 1. The standard InChI is InChI=1S/C56H35NOS/c1-2-11-37(12-3-1)46-16-8-18-49-50-19-10-21-52(55(50)58-54(46)49)57(43-32-27-39(28-33-43)47-17-9-20-51-48-15-6-7-22-53(48)59-56(47)51)42-30-25-36(26-31-42)40-29-34-45-41(35-40)24-23-38-13-4-5-14-44(38)45/h1-35H. The van der Waals surface area contributed by atoms with Gasteiger partial charge in [-0.25, -0.2) is 0 Å². The second-order valence-corrected chi connectivity index (χ2v) is 16.3. The maximum absolute atomic E-state index is 6.99. The molecule has 12 aromatic rings. The minimum Gasteiger partial charge on any atom is -0.453 e. The molecular formula is C56H35NOS. The fourth-order valence-electron chi connectivity index (χ4n) is 9.01. The molecule has 0 aliphatic heterocycles. The monoisotopic (exact) mass is 769 g/mol. The third kappa shape index (κ3) is 5.55. The van der Waals surface area contributed by atoms with Crippen molar-refractivity contribution in [2.75, 3.05) is 4.90 Å². The summed E-state index contributed by atoms with van der Waals surface area (Å²) >= 11 is 1.87. The van der Waals surface area contributed by atoms with E-state index in [1.165, 1.54) is 64.0 Å². The van der Waals surface area contributed by atoms with Gasteiger partial charge in [-0.05, 0) is 91.8 Å². The van der Waals surface area contributed by atoms with E-state index in [0.717, 1.165) is 50.1 Å². The first kappa shape index (κ1) is 33.7. The fourth-order valence-corrected chi connectivity index (χ4v) is 10.3. The molecule has 0 bridgehead atoms. The third-order valence-electron chi connectivity index (χ3n) is 11.9. The highest BCUT2D eigenvalue weighted by Crippen LogP contribution is 2.46. The molecule has 0 fully saturated rings. The van der Waals surface area contributed by atoms with Crippen LogP contribution in [0, 0.1) is 0 Å². The van der Waals surface area contributed by atoms with E-state index in [2.05, 4.69) is 217 Å². The van der Waals surface area contributed by atoms with E-state index in [-0.39, 0.29) is 0 Å². The summed E-state index contributed by atoms with van der Waals surface area (Å²) in [5.41, 5.74) is 11.9. The number of para-hydroxylation sites is 2. The molecule has 2 nitrogen and oxygen atoms in total. The average molecular weight is 770 g/mol. The van der Waals surface area contributed by atoms with Gasteiger partial charge in [-0.3, -0.25) is 0 Å². The highest BCUT2D eigenvalue weighted by Gasteiger charge is 2.21. The molecule has 0 saturated heterocycles. The number of anilines is 3. The van der Waals surface area contributed by atoms with Gasteiger partial charge < -0.3 is 9.32 Å². The predicted molar refractivity (Wildman–Crippen MR) is 253 cm³/mol. The summed E-state index contributed by atoms with van der Waals surface area (Å²) in [6.07, 6.45) is 0. The maximum Gasteiger partial charge on any atom is 0.159 e. The lowest BCUT2D eigenvalue weighted by atomic mass is 9.97. The van der Waals surface area contributed by atoms with Crippen LogP contribution in [0.15, 0.2) is 217 Å². The van der Waals surface area contributed by atoms with Crippen molar-refractivity contribution in [2.45, 2.75) is 0 Å². The molecule has 0 spiro atoms. The van der Waals surface area contributed by atoms with Crippen LogP contribution in [0.4, 0.5) is 17.1 Å². The SMILES string of the molecule is c1ccc(-c2cccc3c2oc2c(N(c4ccc(-c5ccc6c(ccc7ccccc76)c5)cc4)c4ccc(-c5cccc6c5sc5ccccc56)cc4)cccc23)cc1. The molecule has 2 heterocycles. The van der Waals surface area contributed by atoms with Gasteiger partial charge in [0.1, 0.15) is 5.58 Å². The van der Waals surface area contributed by atoms with Crippen LogP contribution in [0.1, 0.15) is 0 Å². The molecule has 10 aromatic carbocycles. The highest BCUT2D eigenvalue weighted by atomic mass is 32.1. The van der Waals surface area contributed by atoms with Gasteiger partial charge in [0.25, 0.3) is 0 Å². The predicted octanol–water partition coefficient (Wildman–Crippen LogP) is 16.7. The van der Waals surface area contributed by atoms with E-state index in [1.54, 1.807) is 0 Å². The smallest absolute Gasteiger partial charge is 0.159 e. The van der Waals surface area contributed by atoms with E-state index in [9.17, 15) is 0 Å². The molecule has 59 heavy (non-hydrogen) atoms. The quantitative estimate of drug-likeness (QED) is 0.157. The van der Waals surface area contributed by atoms with Crippen LogP contribution in [-0.4, -0.2) is 0 Å². The fraction of sp³-hybridized carbons (Fsp3) is 0. The van der Waals surface area contributed by atoms with Crippen molar-refractivity contribution >= 4 is 92.1 Å². The molecule has 0 N–H and O–H groups in total. The summed E-state index contributed by atoms with van der Waals surface area (Å²) in [5.74, 6) is 0. The van der Waals surface area contributed by atoms with E-state index < -0.39 is 0 Å². The molecule has 0 radical (unpaired) electrons. The summed E-state index contributed by atoms with van der Waals surface area (Å²) in [7, 11) is 0. The molecule has 276 valence electrons. The Morgan fingerprint density at radius 2 is 0.915 bits per heavy atom. The number of rotatable bonds is 6. The first-order valence-electron chi connectivity index (χ1n) is 20.1.